The largest absolute Gasteiger partial charge is 0.417 e. The van der Waals surface area contributed by atoms with Crippen LogP contribution >= 0.6 is 0 Å². The van der Waals surface area contributed by atoms with Gasteiger partial charge in [0.15, 0.2) is 0 Å². The Kier molecular flexibility index (Phi) is 3.59. The number of aromatic amines is 1. The van der Waals surface area contributed by atoms with E-state index >= 15 is 0 Å². The van der Waals surface area contributed by atoms with E-state index in [9.17, 15) is 18.0 Å². The first-order valence-corrected chi connectivity index (χ1v) is 5.47. The van der Waals surface area contributed by atoms with E-state index in [-0.39, 0.29) is 12.2 Å². The molecule has 9 heteroatoms. The number of rotatable bonds is 3. The van der Waals surface area contributed by atoms with Gasteiger partial charge >= 0.3 is 6.18 Å². The molecule has 0 radical (unpaired) electrons. The highest BCUT2D eigenvalue weighted by atomic mass is 19.4. The van der Waals surface area contributed by atoms with E-state index in [0.29, 0.717) is 17.6 Å². The van der Waals surface area contributed by atoms with E-state index in [1.54, 1.807) is 0 Å². The van der Waals surface area contributed by atoms with Crippen molar-refractivity contribution in [1.82, 2.24) is 20.5 Å². The van der Waals surface area contributed by atoms with Gasteiger partial charge in [0, 0.05) is 18.3 Å². The summed E-state index contributed by atoms with van der Waals surface area (Å²) < 4.78 is 37.0. The van der Waals surface area contributed by atoms with Crippen molar-refractivity contribution < 1.29 is 18.0 Å². The van der Waals surface area contributed by atoms with E-state index in [4.69, 9.17) is 5.73 Å². The number of carbonyl (C=O) groups excluding carboxylic acids is 1. The van der Waals surface area contributed by atoms with E-state index in [2.05, 4.69) is 20.5 Å². The van der Waals surface area contributed by atoms with Crippen LogP contribution in [0, 0.1) is 0 Å². The van der Waals surface area contributed by atoms with Crippen molar-refractivity contribution in [3.8, 4) is 0 Å². The highest BCUT2D eigenvalue weighted by Crippen LogP contribution is 2.28. The van der Waals surface area contributed by atoms with Crippen LogP contribution in [0.15, 0.2) is 24.5 Å². The van der Waals surface area contributed by atoms with Crippen molar-refractivity contribution in [2.45, 2.75) is 12.7 Å². The summed E-state index contributed by atoms with van der Waals surface area (Å²) in [6.07, 6.45) is -2.43. The van der Waals surface area contributed by atoms with Crippen LogP contribution in [0.3, 0.4) is 0 Å². The quantitative estimate of drug-likeness (QED) is 0.792. The van der Waals surface area contributed by atoms with Gasteiger partial charge in [0.05, 0.1) is 11.8 Å². The summed E-state index contributed by atoms with van der Waals surface area (Å²) in [6.45, 7) is 0.101. The van der Waals surface area contributed by atoms with Crippen LogP contribution in [0.4, 0.5) is 19.0 Å². The summed E-state index contributed by atoms with van der Waals surface area (Å²) in [5, 5.41) is 8.64. The first-order chi connectivity index (χ1) is 9.38. The highest BCUT2D eigenvalue weighted by Gasteiger charge is 2.30. The summed E-state index contributed by atoms with van der Waals surface area (Å²) in [6, 6.07) is 1.81. The number of halogens is 3. The number of anilines is 1. The van der Waals surface area contributed by atoms with Crippen molar-refractivity contribution in [3.63, 3.8) is 0 Å². The van der Waals surface area contributed by atoms with Crippen molar-refractivity contribution in [2.75, 3.05) is 5.73 Å². The first kappa shape index (κ1) is 13.8. The van der Waals surface area contributed by atoms with Crippen molar-refractivity contribution >= 4 is 11.7 Å². The lowest BCUT2D eigenvalue weighted by Gasteiger charge is -2.07. The average molecular weight is 285 g/mol. The van der Waals surface area contributed by atoms with Gasteiger partial charge in [0.1, 0.15) is 11.5 Å². The molecular weight excluding hydrogens is 275 g/mol. The molecule has 0 aromatic carbocycles. The van der Waals surface area contributed by atoms with Crippen LogP contribution in [0.25, 0.3) is 0 Å². The van der Waals surface area contributed by atoms with Crippen LogP contribution < -0.4 is 11.1 Å². The number of nitrogens with one attached hydrogen (secondary N) is 2. The molecule has 0 spiro atoms. The Morgan fingerprint density at radius 3 is 2.60 bits per heavy atom. The number of amides is 1. The maximum Gasteiger partial charge on any atom is 0.417 e. The van der Waals surface area contributed by atoms with Crippen LogP contribution in [0.5, 0.6) is 0 Å². The van der Waals surface area contributed by atoms with Gasteiger partial charge in [-0.05, 0) is 12.1 Å². The van der Waals surface area contributed by atoms with Gasteiger partial charge in [-0.1, -0.05) is 0 Å². The number of pyridine rings is 1. The molecule has 20 heavy (non-hydrogen) atoms. The maximum atomic E-state index is 12.3. The van der Waals surface area contributed by atoms with Crippen LogP contribution in [-0.4, -0.2) is 21.1 Å². The monoisotopic (exact) mass is 285 g/mol. The summed E-state index contributed by atoms with van der Waals surface area (Å²) in [5.74, 6) is -0.287. The number of hydrogen-bond acceptors (Lipinski definition) is 4. The standard InChI is InChI=1S/C11H10F3N5O/c12-11(13,14)7-1-2-8(16-5-7)10(20)17-3-6-4-18-19-9(6)15/h1-2,4-5H,3H2,(H,17,20)(H3,15,18,19). The Morgan fingerprint density at radius 1 is 1.35 bits per heavy atom. The fraction of sp³-hybridized carbons (Fsp3) is 0.182. The zero-order valence-electron chi connectivity index (χ0n) is 10.0. The van der Waals surface area contributed by atoms with Gasteiger partial charge in [0.2, 0.25) is 0 Å². The van der Waals surface area contributed by atoms with Gasteiger partial charge in [0.25, 0.3) is 5.91 Å². The predicted molar refractivity (Wildman–Crippen MR) is 63.4 cm³/mol. The summed E-state index contributed by atoms with van der Waals surface area (Å²) >= 11 is 0. The van der Waals surface area contributed by atoms with Crippen molar-refractivity contribution in [1.29, 1.82) is 0 Å². The second-order valence-corrected chi connectivity index (χ2v) is 3.92. The molecule has 2 heterocycles. The minimum atomic E-state index is -4.48. The number of aromatic nitrogens is 3. The fourth-order valence-electron chi connectivity index (χ4n) is 1.42. The molecule has 2 aromatic heterocycles. The first-order valence-electron chi connectivity index (χ1n) is 5.47. The van der Waals surface area contributed by atoms with E-state index < -0.39 is 17.6 Å². The third kappa shape index (κ3) is 3.05. The zero-order chi connectivity index (χ0) is 14.8. The molecular formula is C11H10F3N5O. The van der Waals surface area contributed by atoms with Gasteiger partial charge in [-0.25, -0.2) is 0 Å². The molecule has 0 aliphatic heterocycles. The molecule has 1 amide bonds. The Balaban J connectivity index is 2.01. The summed E-state index contributed by atoms with van der Waals surface area (Å²) in [4.78, 5) is 15.2. The topological polar surface area (TPSA) is 96.7 Å². The Bertz CT molecular complexity index is 605. The maximum absolute atomic E-state index is 12.3. The lowest BCUT2D eigenvalue weighted by atomic mass is 10.2. The van der Waals surface area contributed by atoms with E-state index in [0.717, 1.165) is 12.1 Å². The number of nitrogen functional groups attached to an aromatic ring is 1. The molecule has 6 nitrogen and oxygen atoms in total. The van der Waals surface area contributed by atoms with Crippen molar-refractivity contribution in [2.24, 2.45) is 0 Å². The van der Waals surface area contributed by atoms with Crippen LogP contribution in [0.2, 0.25) is 0 Å². The predicted octanol–water partition coefficient (Wildman–Crippen LogP) is 1.34. The molecule has 0 saturated heterocycles. The second-order valence-electron chi connectivity index (χ2n) is 3.92. The molecule has 0 unspecified atom stereocenters. The second kappa shape index (κ2) is 5.19. The minimum absolute atomic E-state index is 0.101. The van der Waals surface area contributed by atoms with Gasteiger partial charge in [-0.15, -0.1) is 0 Å². The fourth-order valence-corrected chi connectivity index (χ4v) is 1.42. The molecule has 0 saturated carbocycles. The SMILES string of the molecule is Nc1[nH]ncc1CNC(=O)c1ccc(C(F)(F)F)cn1. The Morgan fingerprint density at radius 2 is 2.10 bits per heavy atom. The molecule has 2 rings (SSSR count). The molecule has 0 atom stereocenters. The van der Waals surface area contributed by atoms with E-state index in [1.807, 2.05) is 0 Å². The lowest BCUT2D eigenvalue weighted by Crippen LogP contribution is -2.24. The van der Waals surface area contributed by atoms with E-state index in [1.165, 1.54) is 6.20 Å². The molecule has 106 valence electrons. The number of hydrogen-bond donors (Lipinski definition) is 3. The molecule has 4 N–H and O–H groups in total. The zero-order valence-corrected chi connectivity index (χ0v) is 10.0. The number of nitrogens with zero attached hydrogens (tertiary/aromatic N) is 2. The smallest absolute Gasteiger partial charge is 0.384 e. The molecule has 2 aromatic rings. The van der Waals surface area contributed by atoms with Crippen LogP contribution in [-0.2, 0) is 12.7 Å². The molecule has 0 bridgehead atoms. The van der Waals surface area contributed by atoms with Gasteiger partial charge in [-0.2, -0.15) is 18.3 Å². The summed E-state index contributed by atoms with van der Waals surface area (Å²) in [7, 11) is 0. The Hall–Kier alpha value is -2.58. The molecule has 0 aliphatic carbocycles. The molecule has 0 aliphatic rings. The molecule has 0 fully saturated rings. The summed E-state index contributed by atoms with van der Waals surface area (Å²) in [5.41, 5.74) is 5.08. The minimum Gasteiger partial charge on any atom is -0.384 e. The normalized spacial score (nSPS) is 11.3. The highest BCUT2D eigenvalue weighted by molar-refractivity contribution is 5.92. The van der Waals surface area contributed by atoms with Crippen LogP contribution in [0.1, 0.15) is 21.6 Å². The Labute approximate surface area is 111 Å². The van der Waals surface area contributed by atoms with Gasteiger partial charge in [-0.3, -0.25) is 14.9 Å². The number of H-pyrrole nitrogens is 1. The third-order valence-electron chi connectivity index (χ3n) is 2.51. The number of nitrogens with two attached hydrogens (primary N) is 1. The van der Waals surface area contributed by atoms with Gasteiger partial charge < -0.3 is 11.1 Å². The van der Waals surface area contributed by atoms with Crippen molar-refractivity contribution in [3.05, 3.63) is 41.3 Å². The third-order valence-corrected chi connectivity index (χ3v) is 2.51. The number of carbonyl (C=O) groups is 1. The number of alkyl halides is 3. The average Bonchev–Trinajstić information content (AvgIpc) is 2.81. The lowest BCUT2D eigenvalue weighted by molar-refractivity contribution is -0.137.